The van der Waals surface area contributed by atoms with Gasteiger partial charge in [0.25, 0.3) is 0 Å². The van der Waals surface area contributed by atoms with Crippen LogP contribution in [0.15, 0.2) is 31.6 Å². The first-order valence-electron chi connectivity index (χ1n) is 13.1. The summed E-state index contributed by atoms with van der Waals surface area (Å²) in [5.41, 5.74) is 2.73. The molecule has 4 heteroatoms. The summed E-state index contributed by atoms with van der Waals surface area (Å²) >= 11 is 0. The first-order chi connectivity index (χ1) is 15.1. The van der Waals surface area contributed by atoms with Gasteiger partial charge in [0.2, 0.25) is 0 Å². The van der Waals surface area contributed by atoms with Crippen molar-refractivity contribution < 1.29 is 0 Å². The molecule has 9 unspecified atom stereocenters. The zero-order chi connectivity index (χ0) is 20.7. The summed E-state index contributed by atoms with van der Waals surface area (Å²) in [5.74, 6) is 5.29. The molecule has 7 rings (SSSR count). The van der Waals surface area contributed by atoms with Gasteiger partial charge in [0.05, 0.1) is 23.1 Å². The maximum atomic E-state index is 4.95. The Labute approximate surface area is 186 Å². The third kappa shape index (κ3) is 2.44. The Morgan fingerprint density at radius 2 is 1.74 bits per heavy atom. The Balaban J connectivity index is 0.843. The predicted molar refractivity (Wildman–Crippen MR) is 123 cm³/mol. The zero-order valence-electron chi connectivity index (χ0n) is 19.0. The third-order valence-electron chi connectivity index (χ3n) is 10.8. The lowest BCUT2D eigenvalue weighted by atomic mass is 9.35. The van der Waals surface area contributed by atoms with E-state index >= 15 is 0 Å². The van der Waals surface area contributed by atoms with Crippen LogP contribution >= 0.6 is 0 Å². The molecule has 7 aliphatic carbocycles. The van der Waals surface area contributed by atoms with Gasteiger partial charge in [0.15, 0.2) is 0 Å². The van der Waals surface area contributed by atoms with E-state index in [1.165, 1.54) is 51.4 Å². The van der Waals surface area contributed by atoms with Crippen molar-refractivity contribution in [3.05, 3.63) is 11.6 Å². The quantitative estimate of drug-likeness (QED) is 0.272. The summed E-state index contributed by atoms with van der Waals surface area (Å²) < 4.78 is 0. The van der Waals surface area contributed by atoms with E-state index in [1.54, 1.807) is 5.57 Å². The number of allylic oxidation sites excluding steroid dienone is 1. The number of rotatable bonds is 8. The third-order valence-corrected chi connectivity index (χ3v) is 10.8. The fourth-order valence-electron chi connectivity index (χ4n) is 9.86. The fourth-order valence-corrected chi connectivity index (χ4v) is 9.86. The largest absolute Gasteiger partial charge is 0.226 e. The molecule has 6 saturated carbocycles. The highest BCUT2D eigenvalue weighted by molar-refractivity contribution is 5.47. The van der Waals surface area contributed by atoms with Crippen LogP contribution in [0.3, 0.4) is 0 Å². The van der Waals surface area contributed by atoms with Crippen molar-refractivity contribution in [2.75, 3.05) is 13.1 Å². The molecule has 0 saturated heterocycles. The smallest absolute Gasteiger partial charge is 0.0898 e. The minimum absolute atomic E-state index is 0.168. The second-order valence-corrected chi connectivity index (χ2v) is 12.3. The van der Waals surface area contributed by atoms with Crippen LogP contribution in [0.1, 0.15) is 77.6 Å². The van der Waals surface area contributed by atoms with E-state index in [4.69, 9.17) is 9.98 Å². The van der Waals surface area contributed by atoms with Crippen LogP contribution in [-0.4, -0.2) is 36.2 Å². The van der Waals surface area contributed by atoms with Crippen LogP contribution in [0, 0.1) is 40.9 Å². The van der Waals surface area contributed by atoms with Gasteiger partial charge in [-0.3, -0.25) is 0 Å². The number of unbranched alkanes of at least 4 members (excludes halogenated alkanes) is 2. The number of hydrogen-bond acceptors (Lipinski definition) is 4. The molecule has 0 radical (unpaired) electrons. The van der Waals surface area contributed by atoms with Gasteiger partial charge in [-0.2, -0.15) is 0 Å². The highest BCUT2D eigenvalue weighted by Crippen LogP contribution is 2.83. The van der Waals surface area contributed by atoms with E-state index in [9.17, 15) is 0 Å². The van der Waals surface area contributed by atoms with Crippen molar-refractivity contribution in [3.63, 3.8) is 0 Å². The predicted octanol–water partition coefficient (Wildman–Crippen LogP) is 5.83. The molecule has 0 aromatic rings. The maximum Gasteiger partial charge on any atom is 0.0898 e. The minimum Gasteiger partial charge on any atom is -0.226 e. The lowest BCUT2D eigenvalue weighted by molar-refractivity contribution is -0.189. The second kappa shape index (κ2) is 6.52. The van der Waals surface area contributed by atoms with Crippen LogP contribution < -0.4 is 0 Å². The first-order valence-corrected chi connectivity index (χ1v) is 13.1. The van der Waals surface area contributed by atoms with Gasteiger partial charge in [-0.05, 0) is 100 Å². The van der Waals surface area contributed by atoms with E-state index in [-0.39, 0.29) is 11.1 Å². The average Bonchev–Trinajstić information content (AvgIpc) is 3.18. The summed E-state index contributed by atoms with van der Waals surface area (Å²) in [6.07, 6.45) is 16.8. The number of fused-ring (bicyclic) bond motifs is 1. The van der Waals surface area contributed by atoms with E-state index in [2.05, 4.69) is 35.0 Å². The van der Waals surface area contributed by atoms with Gasteiger partial charge >= 0.3 is 0 Å². The molecular formula is C27H36N4. The molecule has 2 bridgehead atoms. The average molecular weight is 417 g/mol. The Bertz CT molecular complexity index is 952. The molecule has 0 aromatic heterocycles. The Hall–Kier alpha value is -1.50. The van der Waals surface area contributed by atoms with Crippen molar-refractivity contribution in [1.29, 1.82) is 0 Å². The van der Waals surface area contributed by atoms with Crippen molar-refractivity contribution >= 4 is 12.0 Å². The van der Waals surface area contributed by atoms with Crippen LogP contribution in [0.4, 0.5) is 0 Å². The highest BCUT2D eigenvalue weighted by atomic mass is 15.0. The summed E-state index contributed by atoms with van der Waals surface area (Å²) in [6.45, 7) is 4.04. The topological polar surface area (TPSA) is 49.4 Å². The van der Waals surface area contributed by atoms with Crippen LogP contribution in [-0.2, 0) is 0 Å². The lowest BCUT2D eigenvalue weighted by Crippen LogP contribution is -2.69. The molecule has 9 atom stereocenters. The van der Waals surface area contributed by atoms with E-state index in [0.717, 1.165) is 61.9 Å². The molecule has 31 heavy (non-hydrogen) atoms. The highest BCUT2D eigenvalue weighted by Gasteiger charge is 2.81. The molecule has 0 amide bonds. The summed E-state index contributed by atoms with van der Waals surface area (Å²) in [7, 11) is 0. The van der Waals surface area contributed by atoms with Gasteiger partial charge in [-0.1, -0.05) is 18.6 Å². The molecule has 4 nitrogen and oxygen atoms in total. The Morgan fingerprint density at radius 1 is 0.903 bits per heavy atom. The standard InChI is InChI=1S/C27H36N4/c1-18-7-20-9-21-14-25(11-18,24(20)21)30-16-28-5-3-2-4-6-29-17-31-26-12-19-8-22-10-23(15-26)27(22,26)13-19/h7,18-19,21-24H,2-6,8-15H2,1H3. The number of aliphatic imine (C=N–C) groups is 4. The van der Waals surface area contributed by atoms with Crippen molar-refractivity contribution in [2.24, 2.45) is 60.9 Å². The monoisotopic (exact) mass is 416 g/mol. The lowest BCUT2D eigenvalue weighted by Gasteiger charge is -2.70. The Morgan fingerprint density at radius 3 is 2.52 bits per heavy atom. The number of nitrogens with zero attached hydrogens (tertiary/aromatic N) is 4. The normalized spacial score (nSPS) is 50.7. The number of hydrogen-bond donors (Lipinski definition) is 0. The van der Waals surface area contributed by atoms with Crippen molar-refractivity contribution in [3.8, 4) is 0 Å². The molecule has 0 aromatic carbocycles. The summed E-state index contributed by atoms with van der Waals surface area (Å²) in [5, 5.41) is 0. The van der Waals surface area contributed by atoms with Crippen LogP contribution in [0.2, 0.25) is 0 Å². The SMILES string of the molecule is CC1C=C2CC3CC(N=C=NCCCCCN=C=NC45CC6CC7CC(C4)C75C6)(C1)C23. The van der Waals surface area contributed by atoms with Gasteiger partial charge in [-0.15, -0.1) is 0 Å². The molecule has 164 valence electrons. The fraction of sp³-hybridized carbons (Fsp3) is 0.852. The molecular weight excluding hydrogens is 380 g/mol. The molecule has 0 heterocycles. The molecule has 1 spiro atoms. The van der Waals surface area contributed by atoms with Crippen molar-refractivity contribution in [2.45, 2.75) is 88.6 Å². The van der Waals surface area contributed by atoms with E-state index < -0.39 is 0 Å². The molecule has 0 N–H and O–H groups in total. The summed E-state index contributed by atoms with van der Waals surface area (Å²) in [6, 6.07) is 6.23. The first kappa shape index (κ1) is 19.0. The van der Waals surface area contributed by atoms with E-state index in [0.29, 0.717) is 11.3 Å². The molecule has 7 aliphatic rings. The summed E-state index contributed by atoms with van der Waals surface area (Å²) in [4.78, 5) is 18.8. The maximum absolute atomic E-state index is 4.95. The minimum atomic E-state index is 0.168. The van der Waals surface area contributed by atoms with Crippen LogP contribution in [0.5, 0.6) is 0 Å². The zero-order valence-corrected chi connectivity index (χ0v) is 19.0. The van der Waals surface area contributed by atoms with Gasteiger partial charge in [-0.25, -0.2) is 20.0 Å². The Kier molecular flexibility index (Phi) is 4.00. The van der Waals surface area contributed by atoms with Gasteiger partial charge in [0.1, 0.15) is 0 Å². The van der Waals surface area contributed by atoms with Gasteiger partial charge < -0.3 is 0 Å². The van der Waals surface area contributed by atoms with Gasteiger partial charge in [0, 0.05) is 24.4 Å². The molecule has 6 fully saturated rings. The molecule has 0 aliphatic heterocycles. The van der Waals surface area contributed by atoms with Crippen molar-refractivity contribution in [1.82, 2.24) is 0 Å². The van der Waals surface area contributed by atoms with Crippen LogP contribution in [0.25, 0.3) is 0 Å². The van der Waals surface area contributed by atoms with E-state index in [1.807, 2.05) is 0 Å². The second-order valence-electron chi connectivity index (χ2n) is 12.3.